The molecule has 0 radical (unpaired) electrons. The fourth-order valence-corrected chi connectivity index (χ4v) is 1.32. The topological polar surface area (TPSA) is 81.4 Å². The highest BCUT2D eigenvalue weighted by molar-refractivity contribution is 5.95. The highest BCUT2D eigenvalue weighted by Gasteiger charge is 2.11. The molecule has 0 atom stereocenters. The van der Waals surface area contributed by atoms with Crippen molar-refractivity contribution >= 4 is 17.6 Å². The molecule has 0 saturated heterocycles. The molecule has 1 aromatic rings. The minimum absolute atomic E-state index is 0.0336. The minimum atomic E-state index is -0.621. The molecule has 98 valence electrons. The third-order valence-electron chi connectivity index (χ3n) is 2.29. The lowest BCUT2D eigenvalue weighted by Gasteiger charge is -2.06. The molecule has 5 nitrogen and oxygen atoms in total. The van der Waals surface area contributed by atoms with Crippen LogP contribution in [0.1, 0.15) is 23.2 Å². The van der Waals surface area contributed by atoms with E-state index in [9.17, 15) is 14.0 Å². The first-order chi connectivity index (χ1) is 8.54. The molecule has 0 heterocycles. The van der Waals surface area contributed by atoms with E-state index in [1.54, 1.807) is 0 Å². The maximum Gasteiger partial charge on any atom is 0.340 e. The van der Waals surface area contributed by atoms with Gasteiger partial charge in [-0.2, -0.15) is 0 Å². The Morgan fingerprint density at radius 3 is 2.78 bits per heavy atom. The first-order valence-corrected chi connectivity index (χ1v) is 5.47. The number of carbonyl (C=O) groups is 2. The highest BCUT2D eigenvalue weighted by atomic mass is 19.1. The largest absolute Gasteiger partial charge is 0.462 e. The molecule has 0 fully saturated rings. The monoisotopic (exact) mass is 254 g/mol. The van der Waals surface area contributed by atoms with Crippen molar-refractivity contribution in [2.45, 2.75) is 12.8 Å². The molecule has 0 saturated carbocycles. The van der Waals surface area contributed by atoms with Crippen molar-refractivity contribution in [2.24, 2.45) is 0 Å². The number of nitrogens with one attached hydrogen (secondary N) is 1. The summed E-state index contributed by atoms with van der Waals surface area (Å²) < 4.78 is 17.7. The van der Waals surface area contributed by atoms with Crippen molar-refractivity contribution in [1.82, 2.24) is 5.32 Å². The predicted octanol–water partition coefficient (Wildman–Crippen LogP) is 1.09. The lowest BCUT2D eigenvalue weighted by Crippen LogP contribution is -2.18. The number of amides is 1. The van der Waals surface area contributed by atoms with E-state index in [1.165, 1.54) is 13.1 Å². The molecular formula is C12H15FN2O3. The Labute approximate surface area is 104 Å². The van der Waals surface area contributed by atoms with Crippen LogP contribution in [0.25, 0.3) is 0 Å². The summed E-state index contributed by atoms with van der Waals surface area (Å²) >= 11 is 0. The lowest BCUT2D eigenvalue weighted by atomic mass is 10.2. The van der Waals surface area contributed by atoms with Crippen molar-refractivity contribution in [2.75, 3.05) is 19.4 Å². The summed E-state index contributed by atoms with van der Waals surface area (Å²) in [6.07, 6.45) is 0.704. The van der Waals surface area contributed by atoms with E-state index < -0.39 is 11.8 Å². The molecule has 1 amide bonds. The van der Waals surface area contributed by atoms with E-state index in [4.69, 9.17) is 10.5 Å². The van der Waals surface area contributed by atoms with Crippen molar-refractivity contribution in [3.63, 3.8) is 0 Å². The second kappa shape index (κ2) is 6.58. The summed E-state index contributed by atoms with van der Waals surface area (Å²) in [7, 11) is 1.54. The molecule has 0 aliphatic heterocycles. The van der Waals surface area contributed by atoms with Crippen LogP contribution in [0.5, 0.6) is 0 Å². The van der Waals surface area contributed by atoms with Crippen LogP contribution in [0.15, 0.2) is 18.2 Å². The van der Waals surface area contributed by atoms with Gasteiger partial charge in [0.2, 0.25) is 5.91 Å². The molecule has 0 bridgehead atoms. The first-order valence-electron chi connectivity index (χ1n) is 5.47. The Hall–Kier alpha value is -2.11. The van der Waals surface area contributed by atoms with Crippen LogP contribution in [0.2, 0.25) is 0 Å². The van der Waals surface area contributed by atoms with Gasteiger partial charge >= 0.3 is 5.97 Å². The van der Waals surface area contributed by atoms with Gasteiger partial charge in [-0.25, -0.2) is 9.18 Å². The molecule has 6 heteroatoms. The first kappa shape index (κ1) is 14.0. The van der Waals surface area contributed by atoms with Gasteiger partial charge in [-0.05, 0) is 24.6 Å². The number of ether oxygens (including phenoxy) is 1. The highest BCUT2D eigenvalue weighted by Crippen LogP contribution is 2.14. The number of benzene rings is 1. The zero-order valence-electron chi connectivity index (χ0n) is 10.0. The fraction of sp³-hybridized carbons (Fsp3) is 0.333. The van der Waals surface area contributed by atoms with Gasteiger partial charge in [0.25, 0.3) is 0 Å². The summed E-state index contributed by atoms with van der Waals surface area (Å²) in [5, 5.41) is 2.46. The van der Waals surface area contributed by atoms with E-state index in [-0.39, 0.29) is 30.2 Å². The fourth-order valence-electron chi connectivity index (χ4n) is 1.32. The molecule has 0 aromatic heterocycles. The molecule has 0 aliphatic carbocycles. The Balaban J connectivity index is 2.43. The number of hydrogen-bond donors (Lipinski definition) is 2. The van der Waals surface area contributed by atoms with E-state index in [0.29, 0.717) is 6.42 Å². The summed E-state index contributed by atoms with van der Waals surface area (Å²) in [4.78, 5) is 22.5. The Morgan fingerprint density at radius 2 is 2.17 bits per heavy atom. The molecule has 18 heavy (non-hydrogen) atoms. The van der Waals surface area contributed by atoms with Crippen molar-refractivity contribution < 1.29 is 18.7 Å². The predicted molar refractivity (Wildman–Crippen MR) is 64.4 cm³/mol. The van der Waals surface area contributed by atoms with E-state index in [2.05, 4.69) is 5.32 Å². The smallest absolute Gasteiger partial charge is 0.340 e. The van der Waals surface area contributed by atoms with Gasteiger partial charge in [-0.1, -0.05) is 0 Å². The van der Waals surface area contributed by atoms with Gasteiger partial charge in [0.1, 0.15) is 5.82 Å². The second-order valence-electron chi connectivity index (χ2n) is 3.64. The zero-order valence-corrected chi connectivity index (χ0v) is 10.0. The van der Waals surface area contributed by atoms with Gasteiger partial charge in [-0.3, -0.25) is 4.79 Å². The van der Waals surface area contributed by atoms with Gasteiger partial charge in [0.05, 0.1) is 12.2 Å². The summed E-state index contributed by atoms with van der Waals surface area (Å²) in [5.41, 5.74) is 5.65. The van der Waals surface area contributed by atoms with E-state index in [1.807, 2.05) is 0 Å². The summed E-state index contributed by atoms with van der Waals surface area (Å²) in [6.45, 7) is 0.114. The molecule has 0 unspecified atom stereocenters. The van der Waals surface area contributed by atoms with E-state index in [0.717, 1.165) is 12.1 Å². The van der Waals surface area contributed by atoms with Crippen LogP contribution < -0.4 is 11.1 Å². The third kappa shape index (κ3) is 4.04. The van der Waals surface area contributed by atoms with Crippen LogP contribution >= 0.6 is 0 Å². The number of hydrogen-bond acceptors (Lipinski definition) is 4. The Bertz CT molecular complexity index is 449. The maximum absolute atomic E-state index is 12.8. The number of halogens is 1. The minimum Gasteiger partial charge on any atom is -0.462 e. The lowest BCUT2D eigenvalue weighted by molar-refractivity contribution is -0.120. The molecule has 3 N–H and O–H groups in total. The summed E-state index contributed by atoms with van der Waals surface area (Å²) in [6, 6.07) is 3.46. The number of nitrogens with two attached hydrogens (primary N) is 1. The zero-order chi connectivity index (χ0) is 13.5. The van der Waals surface area contributed by atoms with Gasteiger partial charge in [0.15, 0.2) is 0 Å². The van der Waals surface area contributed by atoms with Crippen LogP contribution in [-0.2, 0) is 9.53 Å². The number of rotatable bonds is 5. The quantitative estimate of drug-likeness (QED) is 0.468. The Morgan fingerprint density at radius 1 is 1.44 bits per heavy atom. The number of esters is 1. The second-order valence-corrected chi connectivity index (χ2v) is 3.64. The molecule has 0 aliphatic rings. The normalized spacial score (nSPS) is 9.89. The molecule has 0 spiro atoms. The van der Waals surface area contributed by atoms with Gasteiger partial charge in [-0.15, -0.1) is 0 Å². The van der Waals surface area contributed by atoms with Crippen LogP contribution in [0.3, 0.4) is 0 Å². The SMILES string of the molecule is CNC(=O)CCCOC(=O)c1ccc(F)cc1N. The number of nitrogen functional groups attached to an aromatic ring is 1. The van der Waals surface area contributed by atoms with E-state index >= 15 is 0 Å². The maximum atomic E-state index is 12.8. The molecule has 1 aromatic carbocycles. The van der Waals surface area contributed by atoms with Gasteiger partial charge in [0, 0.05) is 19.2 Å². The average molecular weight is 254 g/mol. The van der Waals surface area contributed by atoms with Crippen molar-refractivity contribution in [3.05, 3.63) is 29.6 Å². The molecular weight excluding hydrogens is 239 g/mol. The van der Waals surface area contributed by atoms with Crippen LogP contribution in [0.4, 0.5) is 10.1 Å². The van der Waals surface area contributed by atoms with Gasteiger partial charge < -0.3 is 15.8 Å². The van der Waals surface area contributed by atoms with Crippen molar-refractivity contribution in [1.29, 1.82) is 0 Å². The van der Waals surface area contributed by atoms with Crippen molar-refractivity contribution in [3.8, 4) is 0 Å². The number of carbonyl (C=O) groups excluding carboxylic acids is 2. The standard InChI is InChI=1S/C12H15FN2O3/c1-15-11(16)3-2-6-18-12(17)9-5-4-8(13)7-10(9)14/h4-5,7H,2-3,6,14H2,1H3,(H,15,16). The summed E-state index contributed by atoms with van der Waals surface area (Å²) in [5.74, 6) is -1.25. The third-order valence-corrected chi connectivity index (χ3v) is 2.29. The average Bonchev–Trinajstić information content (AvgIpc) is 2.34. The van der Waals surface area contributed by atoms with Crippen LogP contribution in [0, 0.1) is 5.82 Å². The Kier molecular flexibility index (Phi) is 5.10. The van der Waals surface area contributed by atoms with Crippen LogP contribution in [-0.4, -0.2) is 25.5 Å². The molecule has 1 rings (SSSR count). The number of anilines is 1.